The first-order valence-corrected chi connectivity index (χ1v) is 6.48. The lowest BCUT2D eigenvalue weighted by molar-refractivity contribution is 0.0642. The molecule has 3 rings (SSSR count). The quantitative estimate of drug-likeness (QED) is 0.680. The summed E-state index contributed by atoms with van der Waals surface area (Å²) in [7, 11) is 0. The van der Waals surface area contributed by atoms with Gasteiger partial charge in [0.05, 0.1) is 17.7 Å². The molecule has 21 heavy (non-hydrogen) atoms. The number of hydrogen-bond acceptors (Lipinski definition) is 3. The zero-order valence-electron chi connectivity index (χ0n) is 11.4. The third-order valence-electron chi connectivity index (χ3n) is 3.67. The predicted octanol–water partition coefficient (Wildman–Crippen LogP) is 2.51. The molecule has 1 heterocycles. The summed E-state index contributed by atoms with van der Waals surface area (Å²) in [6.07, 6.45) is 0. The number of carbonyl (C=O) groups is 2. The lowest BCUT2D eigenvalue weighted by Gasteiger charge is -2.15. The average molecular weight is 284 g/mol. The number of imide groups is 1. The molecule has 106 valence electrons. The van der Waals surface area contributed by atoms with E-state index in [4.69, 9.17) is 5.73 Å². The zero-order chi connectivity index (χ0) is 15.1. The summed E-state index contributed by atoms with van der Waals surface area (Å²) < 4.78 is 13.3. The Morgan fingerprint density at radius 1 is 1.14 bits per heavy atom. The van der Waals surface area contributed by atoms with Crippen LogP contribution < -0.4 is 5.73 Å². The van der Waals surface area contributed by atoms with Crippen LogP contribution >= 0.6 is 0 Å². The molecule has 0 spiro atoms. The van der Waals surface area contributed by atoms with Gasteiger partial charge in [0.1, 0.15) is 5.82 Å². The number of benzene rings is 2. The molecule has 4 nitrogen and oxygen atoms in total. The largest absolute Gasteiger partial charge is 0.398 e. The van der Waals surface area contributed by atoms with Crippen LogP contribution in [0.3, 0.4) is 0 Å². The van der Waals surface area contributed by atoms with Gasteiger partial charge in [-0.25, -0.2) is 4.39 Å². The van der Waals surface area contributed by atoms with Gasteiger partial charge in [0, 0.05) is 5.69 Å². The van der Waals surface area contributed by atoms with E-state index in [9.17, 15) is 14.0 Å². The number of nitrogens with two attached hydrogens (primary N) is 1. The molecule has 0 saturated carbocycles. The Balaban J connectivity index is 1.99. The van der Waals surface area contributed by atoms with Crippen LogP contribution in [0.1, 0.15) is 31.8 Å². The van der Waals surface area contributed by atoms with Gasteiger partial charge in [-0.3, -0.25) is 14.5 Å². The first-order valence-electron chi connectivity index (χ1n) is 6.48. The van der Waals surface area contributed by atoms with Gasteiger partial charge in [0.15, 0.2) is 0 Å². The number of rotatable bonds is 2. The highest BCUT2D eigenvalue weighted by atomic mass is 19.1. The second-order valence-corrected chi connectivity index (χ2v) is 5.04. The molecule has 0 saturated heterocycles. The molecule has 2 aromatic carbocycles. The Labute approximate surface area is 121 Å². The molecule has 2 amide bonds. The van der Waals surface area contributed by atoms with E-state index in [0.717, 1.165) is 10.5 Å². The highest BCUT2D eigenvalue weighted by Gasteiger charge is 2.37. The topological polar surface area (TPSA) is 63.4 Å². The Kier molecular flexibility index (Phi) is 2.97. The van der Waals surface area contributed by atoms with E-state index in [1.165, 1.54) is 12.1 Å². The number of aryl methyl sites for hydroxylation is 1. The summed E-state index contributed by atoms with van der Waals surface area (Å²) in [4.78, 5) is 25.8. The van der Waals surface area contributed by atoms with Gasteiger partial charge >= 0.3 is 0 Å². The molecule has 2 aromatic rings. The van der Waals surface area contributed by atoms with Crippen molar-refractivity contribution in [3.8, 4) is 0 Å². The Morgan fingerprint density at radius 3 is 2.62 bits per heavy atom. The van der Waals surface area contributed by atoms with E-state index in [1.807, 2.05) is 0 Å². The molecule has 0 aliphatic carbocycles. The second kappa shape index (κ2) is 4.70. The molecule has 0 bridgehead atoms. The van der Waals surface area contributed by atoms with Crippen molar-refractivity contribution in [3.63, 3.8) is 0 Å². The molecule has 0 radical (unpaired) electrons. The van der Waals surface area contributed by atoms with Gasteiger partial charge in [-0.2, -0.15) is 0 Å². The van der Waals surface area contributed by atoms with Gasteiger partial charge in [0.2, 0.25) is 0 Å². The molecule has 0 fully saturated rings. The van der Waals surface area contributed by atoms with E-state index >= 15 is 0 Å². The van der Waals surface area contributed by atoms with Crippen molar-refractivity contribution in [2.45, 2.75) is 13.5 Å². The van der Waals surface area contributed by atoms with Crippen LogP contribution in [-0.2, 0) is 6.54 Å². The number of hydrogen-bond donors (Lipinski definition) is 1. The van der Waals surface area contributed by atoms with Crippen molar-refractivity contribution < 1.29 is 14.0 Å². The van der Waals surface area contributed by atoms with Crippen molar-refractivity contribution in [1.82, 2.24) is 4.90 Å². The van der Waals surface area contributed by atoms with Gasteiger partial charge in [-0.15, -0.1) is 0 Å². The van der Waals surface area contributed by atoms with Crippen LogP contribution in [-0.4, -0.2) is 16.7 Å². The monoisotopic (exact) mass is 284 g/mol. The van der Waals surface area contributed by atoms with Gasteiger partial charge in [-0.05, 0) is 42.3 Å². The molecular weight excluding hydrogens is 271 g/mol. The van der Waals surface area contributed by atoms with Crippen molar-refractivity contribution in [1.29, 1.82) is 0 Å². The third-order valence-corrected chi connectivity index (χ3v) is 3.67. The number of fused-ring (bicyclic) bond motifs is 1. The second-order valence-electron chi connectivity index (χ2n) is 5.04. The molecule has 1 aliphatic heterocycles. The first-order chi connectivity index (χ1) is 9.99. The first kappa shape index (κ1) is 13.3. The summed E-state index contributed by atoms with van der Waals surface area (Å²) in [5, 5.41) is 0. The van der Waals surface area contributed by atoms with Crippen molar-refractivity contribution in [3.05, 3.63) is 64.5 Å². The van der Waals surface area contributed by atoms with E-state index in [-0.39, 0.29) is 17.8 Å². The summed E-state index contributed by atoms with van der Waals surface area (Å²) in [6.45, 7) is 1.84. The Bertz CT molecular complexity index is 771. The van der Waals surface area contributed by atoms with E-state index in [0.29, 0.717) is 11.1 Å². The average Bonchev–Trinajstić information content (AvgIpc) is 2.69. The maximum absolute atomic E-state index is 13.3. The van der Waals surface area contributed by atoms with E-state index in [2.05, 4.69) is 0 Å². The smallest absolute Gasteiger partial charge is 0.263 e. The molecule has 2 N–H and O–H groups in total. The molecule has 1 aliphatic rings. The summed E-state index contributed by atoms with van der Waals surface area (Å²) >= 11 is 0. The van der Waals surface area contributed by atoms with Crippen LogP contribution in [0.4, 0.5) is 10.1 Å². The van der Waals surface area contributed by atoms with Crippen LogP contribution in [0.15, 0.2) is 36.4 Å². The SMILES string of the molecule is Cc1ccc(F)cc1CN1C(=O)c2cccc(N)c2C1=O. The zero-order valence-corrected chi connectivity index (χ0v) is 11.4. The molecule has 0 unspecified atom stereocenters. The van der Waals surface area contributed by atoms with Gasteiger partial charge in [0.25, 0.3) is 11.8 Å². The Morgan fingerprint density at radius 2 is 1.90 bits per heavy atom. The predicted molar refractivity (Wildman–Crippen MR) is 76.2 cm³/mol. The van der Waals surface area contributed by atoms with Crippen LogP contribution in [0.25, 0.3) is 0 Å². The highest BCUT2D eigenvalue weighted by molar-refractivity contribution is 6.23. The maximum Gasteiger partial charge on any atom is 0.263 e. The van der Waals surface area contributed by atoms with Gasteiger partial charge < -0.3 is 5.73 Å². The third kappa shape index (κ3) is 2.07. The standard InChI is InChI=1S/C16H13FN2O2/c1-9-5-6-11(17)7-10(9)8-19-15(20)12-3-2-4-13(18)14(12)16(19)21/h2-7H,8,18H2,1H3. The van der Waals surface area contributed by atoms with Crippen LogP contribution in [0, 0.1) is 12.7 Å². The fraction of sp³-hybridized carbons (Fsp3) is 0.125. The molecule has 0 atom stereocenters. The number of halogens is 1. The van der Waals surface area contributed by atoms with Gasteiger partial charge in [-0.1, -0.05) is 12.1 Å². The summed E-state index contributed by atoms with van der Waals surface area (Å²) in [5.74, 6) is -1.23. The summed E-state index contributed by atoms with van der Waals surface area (Å²) in [5.41, 5.74) is 8.01. The highest BCUT2D eigenvalue weighted by Crippen LogP contribution is 2.29. The molecule has 5 heteroatoms. The molecule has 0 aromatic heterocycles. The number of nitrogen functional groups attached to an aromatic ring is 1. The number of anilines is 1. The van der Waals surface area contributed by atoms with E-state index < -0.39 is 17.6 Å². The Hall–Kier alpha value is -2.69. The fourth-order valence-corrected chi connectivity index (χ4v) is 2.48. The van der Waals surface area contributed by atoms with Crippen LogP contribution in [0.2, 0.25) is 0 Å². The maximum atomic E-state index is 13.3. The minimum Gasteiger partial charge on any atom is -0.398 e. The normalized spacial score (nSPS) is 13.7. The minimum absolute atomic E-state index is 0.0371. The lowest BCUT2D eigenvalue weighted by atomic mass is 10.1. The van der Waals surface area contributed by atoms with Crippen molar-refractivity contribution >= 4 is 17.5 Å². The van der Waals surface area contributed by atoms with Crippen molar-refractivity contribution in [2.75, 3.05) is 5.73 Å². The number of carbonyl (C=O) groups excluding carboxylic acids is 2. The fourth-order valence-electron chi connectivity index (χ4n) is 2.48. The number of nitrogens with zero attached hydrogens (tertiary/aromatic N) is 1. The van der Waals surface area contributed by atoms with E-state index in [1.54, 1.807) is 31.2 Å². The minimum atomic E-state index is -0.434. The summed E-state index contributed by atoms with van der Waals surface area (Å²) in [6, 6.07) is 9.10. The lowest BCUT2D eigenvalue weighted by Crippen LogP contribution is -2.29. The van der Waals surface area contributed by atoms with Crippen LogP contribution in [0.5, 0.6) is 0 Å². The molecular formula is C16H13FN2O2. The van der Waals surface area contributed by atoms with Crippen molar-refractivity contribution in [2.24, 2.45) is 0 Å². The number of amides is 2.